The van der Waals surface area contributed by atoms with Gasteiger partial charge in [0.2, 0.25) is 0 Å². The van der Waals surface area contributed by atoms with Crippen LogP contribution in [0.5, 0.6) is 5.75 Å². The van der Waals surface area contributed by atoms with E-state index in [1.165, 1.54) is 18.4 Å². The molecule has 142 valence electrons. The summed E-state index contributed by atoms with van der Waals surface area (Å²) in [4.78, 5) is 0.0698. The molecule has 0 saturated heterocycles. The highest BCUT2D eigenvalue weighted by molar-refractivity contribution is 7.90. The van der Waals surface area contributed by atoms with E-state index in [4.69, 9.17) is 4.42 Å². The quantitative estimate of drug-likeness (QED) is 0.530. The number of hydrogen-bond donors (Lipinski definition) is 1. The van der Waals surface area contributed by atoms with Crippen LogP contribution < -0.4 is 0 Å². The van der Waals surface area contributed by atoms with Gasteiger partial charge in [-0.05, 0) is 43.3 Å². The molecule has 0 bridgehead atoms. The molecular weight excluding hydrogens is 376 g/mol. The maximum Gasteiger partial charge on any atom is 0.283 e. The lowest BCUT2D eigenvalue weighted by molar-refractivity contribution is 0.477. The van der Waals surface area contributed by atoms with Crippen LogP contribution in [0.4, 0.5) is 0 Å². The number of para-hydroxylation sites is 1. The zero-order chi connectivity index (χ0) is 19.9. The molecule has 2 aromatic carbocycles. The Labute approximate surface area is 162 Å². The molecule has 0 aliphatic carbocycles. The predicted molar refractivity (Wildman–Crippen MR) is 107 cm³/mol. The molecule has 28 heavy (non-hydrogen) atoms. The molecule has 0 amide bonds. The van der Waals surface area contributed by atoms with Crippen molar-refractivity contribution < 1.29 is 17.9 Å². The molecule has 0 aliphatic rings. The Morgan fingerprint density at radius 2 is 1.75 bits per heavy atom. The zero-order valence-corrected chi connectivity index (χ0v) is 16.1. The molecule has 0 atom stereocenters. The van der Waals surface area contributed by atoms with Gasteiger partial charge in [-0.25, -0.2) is 0 Å². The van der Waals surface area contributed by atoms with Crippen molar-refractivity contribution in [3.05, 3.63) is 83.9 Å². The average molecular weight is 394 g/mol. The molecule has 2 aromatic heterocycles. The molecule has 1 N–H and O–H groups in total. The van der Waals surface area contributed by atoms with Crippen molar-refractivity contribution in [3.8, 4) is 5.75 Å². The first-order chi connectivity index (χ1) is 13.4. The largest absolute Gasteiger partial charge is 0.505 e. The summed E-state index contributed by atoms with van der Waals surface area (Å²) in [5.41, 5.74) is 2.01. The van der Waals surface area contributed by atoms with E-state index in [9.17, 15) is 13.5 Å². The van der Waals surface area contributed by atoms with Gasteiger partial charge in [-0.1, -0.05) is 29.8 Å². The van der Waals surface area contributed by atoms with Gasteiger partial charge in [0.25, 0.3) is 10.0 Å². The third kappa shape index (κ3) is 2.99. The highest BCUT2D eigenvalue weighted by atomic mass is 32.2. The Bertz CT molecular complexity index is 1240. The van der Waals surface area contributed by atoms with E-state index in [0.717, 1.165) is 11.1 Å². The van der Waals surface area contributed by atoms with Crippen molar-refractivity contribution >= 4 is 26.6 Å². The Morgan fingerprint density at radius 3 is 2.39 bits per heavy atom. The van der Waals surface area contributed by atoms with E-state index in [1.807, 2.05) is 19.1 Å². The summed E-state index contributed by atoms with van der Waals surface area (Å²) in [6, 6.07) is 17.0. The number of aromatic hydroxyl groups is 1. The molecule has 0 aliphatic heterocycles. The second kappa shape index (κ2) is 6.69. The normalized spacial score (nSPS) is 12.6. The van der Waals surface area contributed by atoms with Crippen molar-refractivity contribution in [1.82, 2.24) is 4.57 Å². The fraction of sp³-hybridized carbons (Fsp3) is 0.0952. The number of aryl methyl sites for hydroxylation is 2. The van der Waals surface area contributed by atoms with Gasteiger partial charge in [-0.3, -0.25) is 0 Å². The predicted octanol–water partition coefficient (Wildman–Crippen LogP) is 4.01. The van der Waals surface area contributed by atoms with Gasteiger partial charge in [0.15, 0.2) is 11.5 Å². The topological polar surface area (TPSA) is 84.8 Å². The SMILES string of the molecule is Cc1ccc(S(=O)(=O)/N=C(\c2ccco2)c2c(O)c3ccccc3n2C)cc1. The second-order valence-corrected chi connectivity index (χ2v) is 8.08. The second-order valence-electron chi connectivity index (χ2n) is 6.48. The molecule has 0 fully saturated rings. The summed E-state index contributed by atoms with van der Waals surface area (Å²) in [6.45, 7) is 1.88. The molecule has 0 spiro atoms. The molecule has 4 aromatic rings. The number of hydrogen-bond acceptors (Lipinski definition) is 4. The van der Waals surface area contributed by atoms with Gasteiger partial charge in [0.05, 0.1) is 16.7 Å². The van der Waals surface area contributed by atoms with Crippen molar-refractivity contribution in [1.29, 1.82) is 0 Å². The Kier molecular flexibility index (Phi) is 4.31. The number of aromatic nitrogens is 1. The van der Waals surface area contributed by atoms with Crippen LogP contribution in [-0.4, -0.2) is 23.8 Å². The third-order valence-corrected chi connectivity index (χ3v) is 5.88. The zero-order valence-electron chi connectivity index (χ0n) is 15.3. The monoisotopic (exact) mass is 394 g/mol. The maximum atomic E-state index is 12.9. The van der Waals surface area contributed by atoms with Crippen molar-refractivity contribution in [2.24, 2.45) is 11.4 Å². The lowest BCUT2D eigenvalue weighted by atomic mass is 10.2. The number of fused-ring (bicyclic) bond motifs is 1. The maximum absolute atomic E-state index is 12.9. The summed E-state index contributed by atoms with van der Waals surface area (Å²) in [7, 11) is -2.27. The summed E-state index contributed by atoms with van der Waals surface area (Å²) in [6.07, 6.45) is 1.43. The lowest BCUT2D eigenvalue weighted by Gasteiger charge is -2.08. The molecule has 6 nitrogen and oxygen atoms in total. The third-order valence-electron chi connectivity index (χ3n) is 4.59. The molecule has 0 radical (unpaired) electrons. The molecule has 2 heterocycles. The summed E-state index contributed by atoms with van der Waals surface area (Å²) < 4.78 is 37.1. The van der Waals surface area contributed by atoms with E-state index in [0.29, 0.717) is 5.39 Å². The van der Waals surface area contributed by atoms with Crippen molar-refractivity contribution in [3.63, 3.8) is 0 Å². The summed E-state index contributed by atoms with van der Waals surface area (Å²) >= 11 is 0. The van der Waals surface area contributed by atoms with Crippen LogP contribution in [0, 0.1) is 6.92 Å². The Hall–Kier alpha value is -3.32. The number of sulfonamides is 1. The van der Waals surface area contributed by atoms with Gasteiger partial charge < -0.3 is 14.1 Å². The van der Waals surface area contributed by atoms with E-state index in [2.05, 4.69) is 4.40 Å². The molecule has 0 saturated carbocycles. The van der Waals surface area contributed by atoms with Crippen molar-refractivity contribution in [2.45, 2.75) is 11.8 Å². The molecular formula is C21H18N2O4S. The van der Waals surface area contributed by atoms with E-state index in [-0.39, 0.29) is 27.8 Å². The molecule has 7 heteroatoms. The van der Waals surface area contributed by atoms with Crippen LogP contribution in [0.3, 0.4) is 0 Å². The average Bonchev–Trinajstić information content (AvgIpc) is 3.29. The molecule has 0 unspecified atom stereocenters. The Balaban J connectivity index is 1.98. The van der Waals surface area contributed by atoms with E-state index < -0.39 is 10.0 Å². The smallest absolute Gasteiger partial charge is 0.283 e. The fourth-order valence-corrected chi connectivity index (χ4v) is 4.15. The number of rotatable bonds is 4. The van der Waals surface area contributed by atoms with Gasteiger partial charge in [-0.2, -0.15) is 12.8 Å². The minimum absolute atomic E-state index is 0.0433. The van der Waals surface area contributed by atoms with Gasteiger partial charge >= 0.3 is 0 Å². The highest BCUT2D eigenvalue weighted by Crippen LogP contribution is 2.33. The number of nitrogens with zero attached hydrogens (tertiary/aromatic N) is 2. The van der Waals surface area contributed by atoms with Crippen molar-refractivity contribution in [2.75, 3.05) is 0 Å². The Morgan fingerprint density at radius 1 is 1.04 bits per heavy atom. The number of benzene rings is 2. The number of furan rings is 1. The first-order valence-electron chi connectivity index (χ1n) is 8.61. The standard InChI is InChI=1S/C21H18N2O4S/c1-14-9-11-15(12-10-14)28(25,26)22-19(18-8-5-13-27-18)20-21(24)16-6-3-4-7-17(16)23(20)2/h3-13,24H,1-2H3/b22-19+. The minimum Gasteiger partial charge on any atom is -0.505 e. The van der Waals surface area contributed by atoms with Crippen LogP contribution in [0.2, 0.25) is 0 Å². The van der Waals surface area contributed by atoms with Crippen LogP contribution in [0.25, 0.3) is 10.9 Å². The van der Waals surface area contributed by atoms with Gasteiger partial charge in [-0.15, -0.1) is 0 Å². The minimum atomic E-state index is -4.02. The van der Waals surface area contributed by atoms with Gasteiger partial charge in [0.1, 0.15) is 11.4 Å². The van der Waals surface area contributed by atoms with Crippen LogP contribution >= 0.6 is 0 Å². The summed E-state index contributed by atoms with van der Waals surface area (Å²) in [5.74, 6) is 0.198. The first-order valence-corrected chi connectivity index (χ1v) is 10.0. The highest BCUT2D eigenvalue weighted by Gasteiger charge is 2.25. The lowest BCUT2D eigenvalue weighted by Crippen LogP contribution is -2.12. The fourth-order valence-electron chi connectivity index (χ4n) is 3.15. The van der Waals surface area contributed by atoms with Gasteiger partial charge in [0, 0.05) is 12.4 Å². The summed E-state index contributed by atoms with van der Waals surface area (Å²) in [5, 5.41) is 11.4. The van der Waals surface area contributed by atoms with E-state index in [1.54, 1.807) is 48.0 Å². The van der Waals surface area contributed by atoms with Crippen LogP contribution in [-0.2, 0) is 17.1 Å². The van der Waals surface area contributed by atoms with E-state index >= 15 is 0 Å². The van der Waals surface area contributed by atoms with Crippen LogP contribution in [0.15, 0.2) is 80.6 Å². The molecule has 4 rings (SSSR count). The van der Waals surface area contributed by atoms with Crippen LogP contribution in [0.1, 0.15) is 17.0 Å². The first kappa shape index (κ1) is 18.1.